The fraction of sp³-hybridized carbons (Fsp3) is 0.613. The van der Waals surface area contributed by atoms with Crippen molar-refractivity contribution < 1.29 is 4.79 Å². The number of likely N-dealkylation sites (tertiary alicyclic amines) is 2. The molecule has 3 aliphatic rings. The number of carbonyl (C=O) groups excluding carboxylic acids is 1. The van der Waals surface area contributed by atoms with Gasteiger partial charge in [0, 0.05) is 30.7 Å². The molecule has 0 unspecified atom stereocenters. The van der Waals surface area contributed by atoms with Crippen LogP contribution in [0.2, 0.25) is 0 Å². The number of amides is 1. The Bertz CT molecular complexity index is 1000. The average Bonchev–Trinajstić information content (AvgIpc) is 2.89. The number of hydrogen-bond acceptors (Lipinski definition) is 3. The molecular formula is C31H43N3O. The normalized spacial score (nSPS) is 23.9. The first-order valence-corrected chi connectivity index (χ1v) is 14.1. The first kappa shape index (κ1) is 24.5. The van der Waals surface area contributed by atoms with E-state index in [0.717, 1.165) is 62.4 Å². The van der Waals surface area contributed by atoms with E-state index in [2.05, 4.69) is 60.9 Å². The van der Waals surface area contributed by atoms with E-state index in [-0.39, 0.29) is 5.91 Å². The van der Waals surface area contributed by atoms with Crippen molar-refractivity contribution in [2.24, 2.45) is 5.92 Å². The summed E-state index contributed by atoms with van der Waals surface area (Å²) in [7, 11) is 0. The molecule has 35 heavy (non-hydrogen) atoms. The standard InChI is InChI=1S/C31H43N3O/c1-22(2)25-13-11-24(12-14-25)21-33-19-16-27(17-20-33)30-28(15-10-23(3)32-30)31(35)34-18-6-8-26-7-4-5-9-29(26)34/h10-15,22,26-27,29H,4-9,16-21H2,1-3H3/t26-,29-/m1/s1. The van der Waals surface area contributed by atoms with Crippen LogP contribution in [0.25, 0.3) is 0 Å². The SMILES string of the molecule is Cc1ccc(C(=O)N2CCC[C@H]3CCCC[C@H]32)c(C2CCN(Cc3ccc(C(C)C)cc3)CC2)n1. The molecule has 0 spiro atoms. The summed E-state index contributed by atoms with van der Waals surface area (Å²) in [5.74, 6) is 1.91. The maximum Gasteiger partial charge on any atom is 0.255 e. The number of aryl methyl sites for hydroxylation is 1. The molecule has 4 nitrogen and oxygen atoms in total. The predicted octanol–water partition coefficient (Wildman–Crippen LogP) is 6.69. The Morgan fingerprint density at radius 3 is 2.37 bits per heavy atom. The van der Waals surface area contributed by atoms with Gasteiger partial charge >= 0.3 is 0 Å². The molecule has 1 aromatic carbocycles. The van der Waals surface area contributed by atoms with Gasteiger partial charge in [0.25, 0.3) is 5.91 Å². The molecule has 0 N–H and O–H groups in total. The Morgan fingerprint density at radius 2 is 1.63 bits per heavy atom. The lowest BCUT2D eigenvalue weighted by Gasteiger charge is -2.44. The van der Waals surface area contributed by atoms with Gasteiger partial charge in [-0.25, -0.2) is 0 Å². The van der Waals surface area contributed by atoms with E-state index in [1.807, 2.05) is 6.07 Å². The summed E-state index contributed by atoms with van der Waals surface area (Å²) in [6.45, 7) is 10.6. The molecule has 4 heteroatoms. The number of carbonyl (C=O) groups is 1. The molecule has 5 rings (SSSR count). The highest BCUT2D eigenvalue weighted by molar-refractivity contribution is 5.95. The molecule has 2 aliphatic heterocycles. The minimum absolute atomic E-state index is 0.247. The molecule has 3 fully saturated rings. The number of fused-ring (bicyclic) bond motifs is 1. The van der Waals surface area contributed by atoms with Crippen LogP contribution in [0.4, 0.5) is 0 Å². The first-order valence-electron chi connectivity index (χ1n) is 14.1. The Kier molecular flexibility index (Phi) is 7.57. The van der Waals surface area contributed by atoms with Gasteiger partial charge in [-0.1, -0.05) is 51.0 Å². The van der Waals surface area contributed by atoms with Crippen LogP contribution < -0.4 is 0 Å². The lowest BCUT2D eigenvalue weighted by atomic mass is 9.78. The van der Waals surface area contributed by atoms with Crippen molar-refractivity contribution in [1.82, 2.24) is 14.8 Å². The van der Waals surface area contributed by atoms with Gasteiger partial charge in [-0.05, 0) is 93.6 Å². The van der Waals surface area contributed by atoms with E-state index in [9.17, 15) is 4.79 Å². The highest BCUT2D eigenvalue weighted by Gasteiger charge is 2.37. The molecule has 2 atom stereocenters. The zero-order valence-electron chi connectivity index (χ0n) is 22.0. The molecule has 0 bridgehead atoms. The van der Waals surface area contributed by atoms with Gasteiger partial charge in [0.05, 0.1) is 11.3 Å². The zero-order valence-corrected chi connectivity index (χ0v) is 22.0. The quantitative estimate of drug-likeness (QED) is 0.485. The molecule has 3 heterocycles. The summed E-state index contributed by atoms with van der Waals surface area (Å²) in [6.07, 6.45) is 9.68. The molecule has 1 saturated carbocycles. The third kappa shape index (κ3) is 5.48. The highest BCUT2D eigenvalue weighted by Crippen LogP contribution is 2.37. The fourth-order valence-corrected chi connectivity index (χ4v) is 6.73. The second-order valence-corrected chi connectivity index (χ2v) is 11.6. The van der Waals surface area contributed by atoms with Crippen molar-refractivity contribution in [3.63, 3.8) is 0 Å². The van der Waals surface area contributed by atoms with Crippen LogP contribution in [0.5, 0.6) is 0 Å². The van der Waals surface area contributed by atoms with Gasteiger partial charge < -0.3 is 4.90 Å². The largest absolute Gasteiger partial charge is 0.335 e. The molecule has 1 aliphatic carbocycles. The Morgan fingerprint density at radius 1 is 0.914 bits per heavy atom. The van der Waals surface area contributed by atoms with Gasteiger partial charge in [-0.15, -0.1) is 0 Å². The number of aromatic nitrogens is 1. The maximum absolute atomic E-state index is 13.9. The smallest absolute Gasteiger partial charge is 0.255 e. The summed E-state index contributed by atoms with van der Waals surface area (Å²) in [5.41, 5.74) is 5.77. The predicted molar refractivity (Wildman–Crippen MR) is 143 cm³/mol. The number of pyridine rings is 1. The summed E-state index contributed by atoms with van der Waals surface area (Å²) in [5, 5.41) is 0. The lowest BCUT2D eigenvalue weighted by Crippen LogP contribution is -2.50. The van der Waals surface area contributed by atoms with Crippen LogP contribution in [0.15, 0.2) is 36.4 Å². The first-order chi connectivity index (χ1) is 17.0. The van der Waals surface area contributed by atoms with E-state index in [1.54, 1.807) is 0 Å². The van der Waals surface area contributed by atoms with E-state index < -0.39 is 0 Å². The zero-order chi connectivity index (χ0) is 24.4. The Balaban J connectivity index is 1.27. The van der Waals surface area contributed by atoms with Crippen molar-refractivity contribution in [3.05, 3.63) is 64.5 Å². The number of benzene rings is 1. The number of rotatable bonds is 5. The molecule has 0 radical (unpaired) electrons. The summed E-state index contributed by atoms with van der Waals surface area (Å²) in [6, 6.07) is 13.7. The van der Waals surface area contributed by atoms with Crippen molar-refractivity contribution in [1.29, 1.82) is 0 Å². The third-order valence-corrected chi connectivity index (χ3v) is 8.83. The summed E-state index contributed by atoms with van der Waals surface area (Å²) >= 11 is 0. The highest BCUT2D eigenvalue weighted by atomic mass is 16.2. The van der Waals surface area contributed by atoms with Crippen LogP contribution in [-0.2, 0) is 6.54 Å². The van der Waals surface area contributed by atoms with Gasteiger partial charge in [0.2, 0.25) is 0 Å². The van der Waals surface area contributed by atoms with Crippen molar-refractivity contribution in [2.75, 3.05) is 19.6 Å². The maximum atomic E-state index is 13.9. The van der Waals surface area contributed by atoms with E-state index >= 15 is 0 Å². The summed E-state index contributed by atoms with van der Waals surface area (Å²) < 4.78 is 0. The number of nitrogens with zero attached hydrogens (tertiary/aromatic N) is 3. The Labute approximate surface area is 212 Å². The van der Waals surface area contributed by atoms with Crippen molar-refractivity contribution in [3.8, 4) is 0 Å². The van der Waals surface area contributed by atoms with Crippen molar-refractivity contribution >= 4 is 5.91 Å². The second-order valence-electron chi connectivity index (χ2n) is 11.6. The number of hydrogen-bond donors (Lipinski definition) is 0. The second kappa shape index (κ2) is 10.8. The minimum Gasteiger partial charge on any atom is -0.335 e. The molecule has 1 amide bonds. The van der Waals surface area contributed by atoms with Crippen LogP contribution >= 0.6 is 0 Å². The minimum atomic E-state index is 0.247. The van der Waals surface area contributed by atoms with Crippen LogP contribution in [0.1, 0.15) is 110 Å². The van der Waals surface area contributed by atoms with E-state index in [4.69, 9.17) is 4.98 Å². The van der Waals surface area contributed by atoms with Gasteiger partial charge in [0.1, 0.15) is 0 Å². The average molecular weight is 474 g/mol. The van der Waals surface area contributed by atoms with Crippen LogP contribution in [0, 0.1) is 12.8 Å². The van der Waals surface area contributed by atoms with E-state index in [0.29, 0.717) is 23.8 Å². The van der Waals surface area contributed by atoms with Crippen molar-refractivity contribution in [2.45, 2.75) is 96.6 Å². The summed E-state index contributed by atoms with van der Waals surface area (Å²) in [4.78, 5) is 23.7. The molecule has 188 valence electrons. The topological polar surface area (TPSA) is 36.4 Å². The van der Waals surface area contributed by atoms with Gasteiger partial charge in [0.15, 0.2) is 0 Å². The van der Waals surface area contributed by atoms with Crippen LogP contribution in [-0.4, -0.2) is 46.4 Å². The number of piperidine rings is 2. The molecule has 1 aromatic heterocycles. The molecule has 2 saturated heterocycles. The van der Waals surface area contributed by atoms with Gasteiger partial charge in [-0.3, -0.25) is 14.7 Å². The van der Waals surface area contributed by atoms with Gasteiger partial charge in [-0.2, -0.15) is 0 Å². The third-order valence-electron chi connectivity index (χ3n) is 8.83. The fourth-order valence-electron chi connectivity index (χ4n) is 6.73. The monoisotopic (exact) mass is 473 g/mol. The lowest BCUT2D eigenvalue weighted by molar-refractivity contribution is 0.0388. The van der Waals surface area contributed by atoms with Crippen LogP contribution in [0.3, 0.4) is 0 Å². The molecule has 2 aromatic rings. The Hall–Kier alpha value is -2.20. The van der Waals surface area contributed by atoms with E-state index in [1.165, 1.54) is 43.2 Å². The molecular weight excluding hydrogens is 430 g/mol.